The first-order valence-electron chi connectivity index (χ1n) is 7.95. The number of hydrogen-bond donors (Lipinski definition) is 0. The Kier molecular flexibility index (Phi) is 7.41. The largest absolute Gasteiger partial charge is 0.452 e. The fraction of sp³-hybridized carbons (Fsp3) is 0.200. The van der Waals surface area contributed by atoms with Crippen LogP contribution in [0.4, 0.5) is 4.39 Å². The number of hydrogen-bond acceptors (Lipinski definition) is 4. The lowest BCUT2D eigenvalue weighted by Gasteiger charge is -2.16. The summed E-state index contributed by atoms with van der Waals surface area (Å²) >= 11 is 1.64. The third-order valence-corrected chi connectivity index (χ3v) is 4.37. The zero-order chi connectivity index (χ0) is 18.9. The van der Waals surface area contributed by atoms with Gasteiger partial charge in [-0.15, -0.1) is 11.8 Å². The maximum Gasteiger partial charge on any atom is 0.331 e. The second-order valence-electron chi connectivity index (χ2n) is 5.59. The van der Waals surface area contributed by atoms with Gasteiger partial charge in [0, 0.05) is 24.6 Å². The number of carbonyl (C=O) groups excluding carboxylic acids is 2. The number of amides is 1. The van der Waals surface area contributed by atoms with Crippen LogP contribution in [0.5, 0.6) is 0 Å². The summed E-state index contributed by atoms with van der Waals surface area (Å²) in [6, 6.07) is 13.6. The van der Waals surface area contributed by atoms with Crippen LogP contribution in [0.15, 0.2) is 59.5 Å². The highest BCUT2D eigenvalue weighted by atomic mass is 32.2. The van der Waals surface area contributed by atoms with Gasteiger partial charge < -0.3 is 9.64 Å². The van der Waals surface area contributed by atoms with E-state index in [0.717, 1.165) is 16.0 Å². The van der Waals surface area contributed by atoms with Gasteiger partial charge in [-0.1, -0.05) is 24.3 Å². The molecule has 0 aliphatic heterocycles. The van der Waals surface area contributed by atoms with Crippen LogP contribution in [-0.2, 0) is 20.9 Å². The molecule has 0 aliphatic rings. The zero-order valence-electron chi connectivity index (χ0n) is 14.6. The molecule has 2 rings (SSSR count). The average Bonchev–Trinajstić information content (AvgIpc) is 2.66. The Balaban J connectivity index is 1.78. The van der Waals surface area contributed by atoms with Crippen LogP contribution in [0.2, 0.25) is 0 Å². The van der Waals surface area contributed by atoms with Crippen molar-refractivity contribution in [1.82, 2.24) is 4.90 Å². The predicted molar refractivity (Wildman–Crippen MR) is 101 cm³/mol. The lowest BCUT2D eigenvalue weighted by molar-refractivity contribution is -0.147. The molecule has 0 unspecified atom stereocenters. The van der Waals surface area contributed by atoms with E-state index in [9.17, 15) is 14.0 Å². The Bertz CT molecular complexity index is 773. The third-order valence-electron chi connectivity index (χ3n) is 3.62. The van der Waals surface area contributed by atoms with E-state index in [2.05, 4.69) is 0 Å². The second-order valence-corrected chi connectivity index (χ2v) is 6.47. The van der Waals surface area contributed by atoms with Crippen molar-refractivity contribution >= 4 is 29.7 Å². The fourth-order valence-electron chi connectivity index (χ4n) is 2.12. The van der Waals surface area contributed by atoms with Crippen LogP contribution >= 0.6 is 11.8 Å². The van der Waals surface area contributed by atoms with Crippen LogP contribution in [0.3, 0.4) is 0 Å². The van der Waals surface area contributed by atoms with E-state index in [1.54, 1.807) is 37.0 Å². The molecule has 0 radical (unpaired) electrons. The summed E-state index contributed by atoms with van der Waals surface area (Å²) < 4.78 is 17.8. The van der Waals surface area contributed by atoms with Crippen LogP contribution < -0.4 is 0 Å². The Morgan fingerprint density at radius 1 is 1.12 bits per heavy atom. The molecule has 0 aliphatic carbocycles. The molecule has 0 saturated carbocycles. The highest BCUT2D eigenvalue weighted by molar-refractivity contribution is 7.98. The Labute approximate surface area is 156 Å². The van der Waals surface area contributed by atoms with Crippen molar-refractivity contribution in [1.29, 1.82) is 0 Å². The number of carbonyl (C=O) groups is 2. The molecular formula is C20H20FNO3S. The zero-order valence-corrected chi connectivity index (χ0v) is 15.5. The van der Waals surface area contributed by atoms with Gasteiger partial charge in [0.25, 0.3) is 5.91 Å². The summed E-state index contributed by atoms with van der Waals surface area (Å²) in [5, 5.41) is 0. The maximum atomic E-state index is 12.9. The van der Waals surface area contributed by atoms with E-state index in [1.807, 2.05) is 30.5 Å². The number of benzene rings is 2. The van der Waals surface area contributed by atoms with Crippen molar-refractivity contribution in [2.24, 2.45) is 0 Å². The molecule has 0 heterocycles. The van der Waals surface area contributed by atoms with Gasteiger partial charge in [0.1, 0.15) is 5.82 Å². The second kappa shape index (κ2) is 9.77. The number of thioether (sulfide) groups is 1. The minimum atomic E-state index is -0.581. The minimum Gasteiger partial charge on any atom is -0.452 e. The Hall–Kier alpha value is -2.60. The molecule has 0 N–H and O–H groups in total. The molecule has 0 saturated heterocycles. The van der Waals surface area contributed by atoms with Gasteiger partial charge in [-0.3, -0.25) is 4.79 Å². The van der Waals surface area contributed by atoms with Gasteiger partial charge in [-0.25, -0.2) is 9.18 Å². The smallest absolute Gasteiger partial charge is 0.331 e. The SMILES string of the molecule is CSc1ccc(/C=C/C(=O)OCC(=O)N(C)Cc2ccc(F)cc2)cc1. The molecule has 2 aromatic rings. The Morgan fingerprint density at radius 3 is 2.38 bits per heavy atom. The molecule has 0 aromatic heterocycles. The number of rotatable bonds is 7. The van der Waals surface area contributed by atoms with E-state index in [-0.39, 0.29) is 18.3 Å². The first-order valence-corrected chi connectivity index (χ1v) is 9.17. The topological polar surface area (TPSA) is 46.6 Å². The van der Waals surface area contributed by atoms with Crippen LogP contribution in [0.1, 0.15) is 11.1 Å². The quantitative estimate of drug-likeness (QED) is 0.421. The van der Waals surface area contributed by atoms with Crippen molar-refractivity contribution in [3.63, 3.8) is 0 Å². The Morgan fingerprint density at radius 2 is 1.77 bits per heavy atom. The van der Waals surface area contributed by atoms with Crippen molar-refractivity contribution in [3.8, 4) is 0 Å². The summed E-state index contributed by atoms with van der Waals surface area (Å²) in [5.74, 6) is -1.24. The van der Waals surface area contributed by atoms with Gasteiger partial charge in [-0.2, -0.15) is 0 Å². The maximum absolute atomic E-state index is 12.9. The molecule has 2 aromatic carbocycles. The number of ether oxygens (including phenoxy) is 1. The molecule has 0 fully saturated rings. The van der Waals surface area contributed by atoms with Gasteiger partial charge >= 0.3 is 5.97 Å². The summed E-state index contributed by atoms with van der Waals surface area (Å²) in [7, 11) is 1.60. The van der Waals surface area contributed by atoms with Gasteiger partial charge in [0.15, 0.2) is 6.61 Å². The standard InChI is InChI=1S/C20H20FNO3S/c1-22(13-16-3-8-17(21)9-4-16)19(23)14-25-20(24)12-7-15-5-10-18(26-2)11-6-15/h3-12H,13-14H2,1-2H3/b12-7+. The van der Waals surface area contributed by atoms with E-state index < -0.39 is 5.97 Å². The molecule has 0 bridgehead atoms. The predicted octanol–water partition coefficient (Wildman–Crippen LogP) is 3.76. The third kappa shape index (κ3) is 6.37. The first kappa shape index (κ1) is 19.7. The van der Waals surface area contributed by atoms with E-state index in [1.165, 1.54) is 23.1 Å². The highest BCUT2D eigenvalue weighted by Crippen LogP contribution is 2.15. The fourth-order valence-corrected chi connectivity index (χ4v) is 2.53. The van der Waals surface area contributed by atoms with E-state index in [0.29, 0.717) is 6.54 Å². The average molecular weight is 373 g/mol. The van der Waals surface area contributed by atoms with Crippen LogP contribution in [0, 0.1) is 5.82 Å². The molecular weight excluding hydrogens is 353 g/mol. The monoisotopic (exact) mass is 373 g/mol. The molecule has 26 heavy (non-hydrogen) atoms. The van der Waals surface area contributed by atoms with Crippen molar-refractivity contribution < 1.29 is 18.7 Å². The van der Waals surface area contributed by atoms with E-state index in [4.69, 9.17) is 4.74 Å². The molecule has 136 valence electrons. The lowest BCUT2D eigenvalue weighted by Crippen LogP contribution is -2.30. The van der Waals surface area contributed by atoms with Gasteiger partial charge in [0.05, 0.1) is 0 Å². The normalized spacial score (nSPS) is 10.7. The summed E-state index contributed by atoms with van der Waals surface area (Å²) in [5.41, 5.74) is 1.67. The van der Waals surface area contributed by atoms with Crippen LogP contribution in [0.25, 0.3) is 6.08 Å². The van der Waals surface area contributed by atoms with Crippen molar-refractivity contribution in [3.05, 3.63) is 71.6 Å². The van der Waals surface area contributed by atoms with Crippen LogP contribution in [-0.4, -0.2) is 36.7 Å². The molecule has 1 amide bonds. The van der Waals surface area contributed by atoms with Crippen molar-refractivity contribution in [2.75, 3.05) is 19.9 Å². The first-order chi connectivity index (χ1) is 12.5. The number of nitrogens with zero attached hydrogens (tertiary/aromatic N) is 1. The molecule has 0 spiro atoms. The van der Waals surface area contributed by atoms with Crippen molar-refractivity contribution in [2.45, 2.75) is 11.4 Å². The highest BCUT2D eigenvalue weighted by Gasteiger charge is 2.11. The number of likely N-dealkylation sites (N-methyl/N-ethyl adjacent to an activating group) is 1. The molecule has 6 heteroatoms. The summed E-state index contributed by atoms with van der Waals surface area (Å²) in [4.78, 5) is 26.3. The minimum absolute atomic E-state index is 0.314. The lowest BCUT2D eigenvalue weighted by atomic mass is 10.2. The summed E-state index contributed by atoms with van der Waals surface area (Å²) in [6.07, 6.45) is 4.92. The van der Waals surface area contributed by atoms with Gasteiger partial charge in [-0.05, 0) is 47.7 Å². The van der Waals surface area contributed by atoms with Gasteiger partial charge in [0.2, 0.25) is 0 Å². The number of esters is 1. The molecule has 4 nitrogen and oxygen atoms in total. The van der Waals surface area contributed by atoms with E-state index >= 15 is 0 Å². The summed E-state index contributed by atoms with van der Waals surface area (Å²) in [6.45, 7) is -0.0272. The number of halogens is 1. The molecule has 0 atom stereocenters.